The first-order valence-corrected chi connectivity index (χ1v) is 9.39. The zero-order chi connectivity index (χ0) is 20.2. The van der Waals surface area contributed by atoms with E-state index in [9.17, 15) is 9.59 Å². The summed E-state index contributed by atoms with van der Waals surface area (Å²) < 4.78 is 10.7. The van der Waals surface area contributed by atoms with Gasteiger partial charge in [-0.1, -0.05) is 24.3 Å². The summed E-state index contributed by atoms with van der Waals surface area (Å²) in [6.45, 7) is 0. The number of ether oxygens (including phenoxy) is 2. The largest absolute Gasteiger partial charge is 0.497 e. The highest BCUT2D eigenvalue weighted by Gasteiger charge is 2.08. The van der Waals surface area contributed by atoms with Crippen molar-refractivity contribution in [1.82, 2.24) is 9.97 Å². The molecule has 6 nitrogen and oxygen atoms in total. The van der Waals surface area contributed by atoms with Crippen molar-refractivity contribution in [3.63, 3.8) is 0 Å². The summed E-state index contributed by atoms with van der Waals surface area (Å²) in [6, 6.07) is 18.4. The molecule has 0 amide bonds. The maximum atomic E-state index is 12.2. The summed E-state index contributed by atoms with van der Waals surface area (Å²) in [7, 11) is 1.61. The van der Waals surface area contributed by atoms with Gasteiger partial charge in [0.1, 0.15) is 17.3 Å². The van der Waals surface area contributed by atoms with E-state index in [1.54, 1.807) is 31.4 Å². The second-order valence-electron chi connectivity index (χ2n) is 6.73. The highest BCUT2D eigenvalue weighted by molar-refractivity contribution is 5.86. The Morgan fingerprint density at radius 2 is 1.76 bits per heavy atom. The standard InChI is InChI=1S/C23H20N2O4/c1-28-17-11-9-15-10-12-18(14-16(15)13-17)29-22(26)8-4-7-21-24-20-6-3-2-5-19(20)23(27)25-21/h2-3,5-6,9-14H,4,7-8H2,1H3,(H,24,25,27). The van der Waals surface area contributed by atoms with E-state index in [1.807, 2.05) is 36.4 Å². The van der Waals surface area contributed by atoms with Crippen LogP contribution in [0, 0.1) is 0 Å². The molecule has 3 aromatic carbocycles. The summed E-state index contributed by atoms with van der Waals surface area (Å²) in [5.74, 6) is 1.49. The number of fused-ring (bicyclic) bond motifs is 2. The fourth-order valence-corrected chi connectivity index (χ4v) is 3.23. The molecule has 6 heteroatoms. The number of rotatable bonds is 6. The molecule has 146 valence electrons. The van der Waals surface area contributed by atoms with Gasteiger partial charge in [0.25, 0.3) is 5.56 Å². The number of methoxy groups -OCH3 is 1. The van der Waals surface area contributed by atoms with Gasteiger partial charge in [-0.15, -0.1) is 0 Å². The van der Waals surface area contributed by atoms with E-state index in [4.69, 9.17) is 9.47 Å². The minimum absolute atomic E-state index is 0.167. The third-order valence-electron chi connectivity index (χ3n) is 4.71. The molecule has 0 atom stereocenters. The molecule has 0 saturated carbocycles. The number of H-pyrrole nitrogens is 1. The fraction of sp³-hybridized carbons (Fsp3) is 0.174. The summed E-state index contributed by atoms with van der Waals surface area (Å²) in [5, 5.41) is 2.54. The van der Waals surface area contributed by atoms with Crippen LogP contribution in [0.15, 0.2) is 65.5 Å². The van der Waals surface area contributed by atoms with Crippen molar-refractivity contribution in [2.45, 2.75) is 19.3 Å². The molecule has 0 aliphatic heterocycles. The maximum absolute atomic E-state index is 12.2. The second kappa shape index (κ2) is 8.14. The van der Waals surface area contributed by atoms with E-state index in [0.717, 1.165) is 16.5 Å². The molecule has 0 fully saturated rings. The maximum Gasteiger partial charge on any atom is 0.311 e. The molecular weight excluding hydrogens is 368 g/mol. The number of hydrogen-bond acceptors (Lipinski definition) is 5. The van der Waals surface area contributed by atoms with Gasteiger partial charge in [-0.05, 0) is 53.6 Å². The van der Waals surface area contributed by atoms with Crippen molar-refractivity contribution in [3.05, 3.63) is 76.8 Å². The minimum Gasteiger partial charge on any atom is -0.497 e. The molecular formula is C23H20N2O4. The van der Waals surface area contributed by atoms with Crippen molar-refractivity contribution in [1.29, 1.82) is 0 Å². The van der Waals surface area contributed by atoms with E-state index in [1.165, 1.54) is 0 Å². The van der Waals surface area contributed by atoms with Gasteiger partial charge in [0.15, 0.2) is 0 Å². The number of para-hydroxylation sites is 1. The number of esters is 1. The fourth-order valence-electron chi connectivity index (χ4n) is 3.23. The summed E-state index contributed by atoms with van der Waals surface area (Å²) >= 11 is 0. The van der Waals surface area contributed by atoms with Crippen LogP contribution < -0.4 is 15.0 Å². The second-order valence-corrected chi connectivity index (χ2v) is 6.73. The SMILES string of the molecule is COc1ccc2ccc(OC(=O)CCCc3nc4ccccc4c(=O)[nH]3)cc2c1. The van der Waals surface area contributed by atoms with E-state index >= 15 is 0 Å². The molecule has 0 aliphatic rings. The average molecular weight is 388 g/mol. The van der Waals surface area contributed by atoms with Crippen LogP contribution in [0.3, 0.4) is 0 Å². The summed E-state index contributed by atoms with van der Waals surface area (Å²) in [5.41, 5.74) is 0.486. The Hall–Kier alpha value is -3.67. The normalized spacial score (nSPS) is 10.9. The predicted octanol–water partition coefficient (Wildman–Crippen LogP) is 4.01. The molecule has 4 rings (SSSR count). The van der Waals surface area contributed by atoms with Gasteiger partial charge in [-0.25, -0.2) is 4.98 Å². The van der Waals surface area contributed by atoms with Crippen molar-refractivity contribution < 1.29 is 14.3 Å². The van der Waals surface area contributed by atoms with E-state index in [0.29, 0.717) is 35.3 Å². The van der Waals surface area contributed by atoms with Crippen LogP contribution >= 0.6 is 0 Å². The number of nitrogens with zero attached hydrogens (tertiary/aromatic N) is 1. The van der Waals surface area contributed by atoms with Crippen LogP contribution in [-0.2, 0) is 11.2 Å². The van der Waals surface area contributed by atoms with Crippen LogP contribution in [-0.4, -0.2) is 23.0 Å². The number of aromatic amines is 1. The van der Waals surface area contributed by atoms with Crippen LogP contribution in [0.2, 0.25) is 0 Å². The lowest BCUT2D eigenvalue weighted by atomic mass is 10.1. The summed E-state index contributed by atoms with van der Waals surface area (Å²) in [4.78, 5) is 31.5. The van der Waals surface area contributed by atoms with Gasteiger partial charge < -0.3 is 14.5 Å². The Labute approximate surface area is 167 Å². The smallest absolute Gasteiger partial charge is 0.311 e. The quantitative estimate of drug-likeness (QED) is 0.399. The highest BCUT2D eigenvalue weighted by atomic mass is 16.5. The van der Waals surface area contributed by atoms with Crippen LogP contribution in [0.4, 0.5) is 0 Å². The number of nitrogens with one attached hydrogen (secondary N) is 1. The Bertz CT molecular complexity index is 1250. The average Bonchev–Trinajstić information content (AvgIpc) is 2.73. The van der Waals surface area contributed by atoms with Gasteiger partial charge in [-0.3, -0.25) is 9.59 Å². The highest BCUT2D eigenvalue weighted by Crippen LogP contribution is 2.25. The number of hydrogen-bond donors (Lipinski definition) is 1. The number of aromatic nitrogens is 2. The van der Waals surface area contributed by atoms with Crippen molar-refractivity contribution in [2.75, 3.05) is 7.11 Å². The lowest BCUT2D eigenvalue weighted by molar-refractivity contribution is -0.134. The number of aryl methyl sites for hydroxylation is 1. The molecule has 1 heterocycles. The molecule has 1 N–H and O–H groups in total. The Balaban J connectivity index is 1.38. The zero-order valence-corrected chi connectivity index (χ0v) is 16.0. The number of carbonyl (C=O) groups excluding carboxylic acids is 1. The minimum atomic E-state index is -0.324. The van der Waals surface area contributed by atoms with E-state index in [2.05, 4.69) is 9.97 Å². The van der Waals surface area contributed by atoms with E-state index < -0.39 is 0 Å². The van der Waals surface area contributed by atoms with Gasteiger partial charge in [0.2, 0.25) is 0 Å². The molecule has 0 saturated heterocycles. The Morgan fingerprint density at radius 3 is 2.59 bits per heavy atom. The first-order valence-electron chi connectivity index (χ1n) is 9.39. The van der Waals surface area contributed by atoms with Crippen molar-refractivity contribution in [2.24, 2.45) is 0 Å². The molecule has 0 bridgehead atoms. The van der Waals surface area contributed by atoms with Crippen LogP contribution in [0.25, 0.3) is 21.7 Å². The first-order chi connectivity index (χ1) is 14.1. The van der Waals surface area contributed by atoms with Crippen LogP contribution in [0.1, 0.15) is 18.7 Å². The molecule has 4 aromatic rings. The first kappa shape index (κ1) is 18.7. The van der Waals surface area contributed by atoms with Gasteiger partial charge in [-0.2, -0.15) is 0 Å². The topological polar surface area (TPSA) is 81.3 Å². The molecule has 0 radical (unpaired) electrons. The van der Waals surface area contributed by atoms with Gasteiger partial charge in [0.05, 0.1) is 18.0 Å². The Morgan fingerprint density at radius 1 is 1.00 bits per heavy atom. The molecule has 0 aliphatic carbocycles. The summed E-state index contributed by atoms with van der Waals surface area (Å²) in [6.07, 6.45) is 1.25. The lowest BCUT2D eigenvalue weighted by Crippen LogP contribution is -2.13. The molecule has 0 spiro atoms. The van der Waals surface area contributed by atoms with Gasteiger partial charge >= 0.3 is 5.97 Å². The number of benzene rings is 3. The third-order valence-corrected chi connectivity index (χ3v) is 4.71. The van der Waals surface area contributed by atoms with Crippen molar-refractivity contribution >= 4 is 27.6 Å². The molecule has 29 heavy (non-hydrogen) atoms. The number of carbonyl (C=O) groups is 1. The monoisotopic (exact) mass is 388 g/mol. The Kier molecular flexibility index (Phi) is 5.24. The molecule has 1 aromatic heterocycles. The molecule has 0 unspecified atom stereocenters. The third kappa shape index (κ3) is 4.27. The van der Waals surface area contributed by atoms with Gasteiger partial charge in [0, 0.05) is 12.8 Å². The zero-order valence-electron chi connectivity index (χ0n) is 16.0. The van der Waals surface area contributed by atoms with Crippen LogP contribution in [0.5, 0.6) is 11.5 Å². The van der Waals surface area contributed by atoms with Crippen molar-refractivity contribution in [3.8, 4) is 11.5 Å². The lowest BCUT2D eigenvalue weighted by Gasteiger charge is -2.07. The van der Waals surface area contributed by atoms with E-state index in [-0.39, 0.29) is 17.9 Å². The predicted molar refractivity (Wildman–Crippen MR) is 111 cm³/mol.